The Kier molecular flexibility index (Phi) is 7.67. The summed E-state index contributed by atoms with van der Waals surface area (Å²) in [5.74, 6) is 1.13. The van der Waals surface area contributed by atoms with Gasteiger partial charge in [-0.05, 0) is 85.4 Å². The van der Waals surface area contributed by atoms with Crippen molar-refractivity contribution in [1.82, 2.24) is 10.3 Å². The fraction of sp³-hybridized carbons (Fsp3) is 0.179. The van der Waals surface area contributed by atoms with Crippen molar-refractivity contribution < 1.29 is 13.9 Å². The molecular weight excluding hydrogens is 543 g/mol. The van der Waals surface area contributed by atoms with Crippen molar-refractivity contribution in [3.63, 3.8) is 0 Å². The van der Waals surface area contributed by atoms with Crippen molar-refractivity contribution >= 4 is 57.8 Å². The van der Waals surface area contributed by atoms with Crippen LogP contribution < -0.4 is 15.5 Å². The standard InChI is InChI=1S/C28H24Cl2N4O3S/c1-16-13-18(7-9-21(16)32-25(35)15-36-2)34-27(26(33-28(34)38)22-5-3-4-12-31-22)24-11-10-23(37-24)17-6-8-19(29)20(30)14-17/h3-14,26-27H,15H2,1-2H3,(H,32,35)(H,33,38)/t26-,27+/m1/s1. The van der Waals surface area contributed by atoms with E-state index in [9.17, 15) is 4.79 Å². The molecule has 2 atom stereocenters. The van der Waals surface area contributed by atoms with Gasteiger partial charge < -0.3 is 24.7 Å². The molecule has 0 radical (unpaired) electrons. The summed E-state index contributed by atoms with van der Waals surface area (Å²) in [5, 5.41) is 7.76. The maximum Gasteiger partial charge on any atom is 0.250 e. The molecule has 1 aliphatic rings. The number of benzene rings is 2. The van der Waals surface area contributed by atoms with Gasteiger partial charge in [-0.2, -0.15) is 0 Å². The van der Waals surface area contributed by atoms with Gasteiger partial charge >= 0.3 is 0 Å². The number of aryl methyl sites for hydroxylation is 1. The third kappa shape index (κ3) is 5.26. The molecule has 0 aliphatic carbocycles. The molecule has 10 heteroatoms. The molecule has 2 aromatic carbocycles. The van der Waals surface area contributed by atoms with Gasteiger partial charge in [-0.25, -0.2) is 0 Å². The average molecular weight is 567 g/mol. The van der Waals surface area contributed by atoms with Crippen molar-refractivity contribution in [2.45, 2.75) is 19.0 Å². The summed E-state index contributed by atoms with van der Waals surface area (Å²) in [6, 6.07) is 20.2. The van der Waals surface area contributed by atoms with Gasteiger partial charge in [0.25, 0.3) is 0 Å². The molecule has 0 spiro atoms. The van der Waals surface area contributed by atoms with E-state index in [0.717, 1.165) is 22.5 Å². The minimum atomic E-state index is -0.331. The smallest absolute Gasteiger partial charge is 0.250 e. The van der Waals surface area contributed by atoms with E-state index in [0.29, 0.717) is 32.4 Å². The number of carbonyl (C=O) groups is 1. The summed E-state index contributed by atoms with van der Waals surface area (Å²) in [6.07, 6.45) is 1.75. The lowest BCUT2D eigenvalue weighted by atomic mass is 10.0. The number of halogens is 2. The first-order valence-corrected chi connectivity index (χ1v) is 13.0. The van der Waals surface area contributed by atoms with Gasteiger partial charge in [0.1, 0.15) is 24.2 Å². The van der Waals surface area contributed by atoms with Gasteiger partial charge in [0.15, 0.2) is 5.11 Å². The summed E-state index contributed by atoms with van der Waals surface area (Å²) in [4.78, 5) is 18.6. The number of aromatic nitrogens is 1. The molecule has 0 bridgehead atoms. The van der Waals surface area contributed by atoms with Crippen LogP contribution in [0.1, 0.15) is 29.1 Å². The van der Waals surface area contributed by atoms with E-state index >= 15 is 0 Å². The molecule has 7 nitrogen and oxygen atoms in total. The molecule has 1 fully saturated rings. The van der Waals surface area contributed by atoms with Crippen molar-refractivity contribution in [3.05, 3.63) is 100.0 Å². The van der Waals surface area contributed by atoms with Gasteiger partial charge in [0.2, 0.25) is 5.91 Å². The molecular formula is C28H24Cl2N4O3S. The predicted octanol–water partition coefficient (Wildman–Crippen LogP) is 6.72. The molecule has 3 heterocycles. The lowest BCUT2D eigenvalue weighted by Crippen LogP contribution is -2.29. The van der Waals surface area contributed by atoms with Crippen LogP contribution >= 0.6 is 35.4 Å². The molecule has 0 unspecified atom stereocenters. The number of methoxy groups -OCH3 is 1. The number of pyridine rings is 1. The van der Waals surface area contributed by atoms with Crippen LogP contribution in [0.4, 0.5) is 11.4 Å². The van der Waals surface area contributed by atoms with Crippen LogP contribution in [-0.2, 0) is 9.53 Å². The van der Waals surface area contributed by atoms with E-state index in [1.54, 1.807) is 18.3 Å². The van der Waals surface area contributed by atoms with E-state index in [4.69, 9.17) is 44.6 Å². The summed E-state index contributed by atoms with van der Waals surface area (Å²) in [5.41, 5.74) is 4.07. The Hall–Kier alpha value is -3.43. The molecule has 0 saturated carbocycles. The highest BCUT2D eigenvalue weighted by Crippen LogP contribution is 2.43. The molecule has 2 N–H and O–H groups in total. The maximum absolute atomic E-state index is 12.0. The highest BCUT2D eigenvalue weighted by atomic mass is 35.5. The second kappa shape index (κ2) is 11.1. The van der Waals surface area contributed by atoms with Crippen LogP contribution in [0.3, 0.4) is 0 Å². The molecule has 5 rings (SSSR count). The number of thiocarbonyl (C=S) groups is 1. The second-order valence-electron chi connectivity index (χ2n) is 8.81. The number of anilines is 2. The topological polar surface area (TPSA) is 79.6 Å². The van der Waals surface area contributed by atoms with Crippen LogP contribution in [0.2, 0.25) is 10.0 Å². The van der Waals surface area contributed by atoms with Crippen LogP contribution in [0.5, 0.6) is 0 Å². The number of furan rings is 1. The first kappa shape index (κ1) is 26.2. The molecule has 1 aliphatic heterocycles. The van der Waals surface area contributed by atoms with Gasteiger partial charge in [-0.15, -0.1) is 0 Å². The molecule has 194 valence electrons. The molecule has 1 saturated heterocycles. The highest BCUT2D eigenvalue weighted by molar-refractivity contribution is 7.80. The summed E-state index contributed by atoms with van der Waals surface area (Å²) in [7, 11) is 1.48. The number of hydrogen-bond donors (Lipinski definition) is 2. The summed E-state index contributed by atoms with van der Waals surface area (Å²) in [6.45, 7) is 1.91. The van der Waals surface area contributed by atoms with Gasteiger partial charge in [-0.1, -0.05) is 29.3 Å². The van der Waals surface area contributed by atoms with Gasteiger partial charge in [0.05, 0.1) is 21.8 Å². The van der Waals surface area contributed by atoms with E-state index in [2.05, 4.69) is 15.6 Å². The monoisotopic (exact) mass is 566 g/mol. The summed E-state index contributed by atoms with van der Waals surface area (Å²) < 4.78 is 11.3. The fourth-order valence-corrected chi connectivity index (χ4v) is 5.14. The van der Waals surface area contributed by atoms with E-state index < -0.39 is 0 Å². The van der Waals surface area contributed by atoms with E-state index in [1.165, 1.54) is 7.11 Å². The lowest BCUT2D eigenvalue weighted by molar-refractivity contribution is -0.119. The number of rotatable bonds is 7. The second-order valence-corrected chi connectivity index (χ2v) is 10.0. The number of nitrogens with one attached hydrogen (secondary N) is 2. The Labute approximate surface area is 235 Å². The van der Waals surface area contributed by atoms with Crippen molar-refractivity contribution in [2.75, 3.05) is 23.9 Å². The van der Waals surface area contributed by atoms with Crippen LogP contribution in [-0.4, -0.2) is 29.7 Å². The molecule has 2 aromatic heterocycles. The first-order chi connectivity index (χ1) is 18.4. The largest absolute Gasteiger partial charge is 0.459 e. The minimum Gasteiger partial charge on any atom is -0.459 e. The third-order valence-corrected chi connectivity index (χ3v) is 7.31. The quantitative estimate of drug-likeness (QED) is 0.240. The number of carbonyl (C=O) groups excluding carboxylic acids is 1. The van der Waals surface area contributed by atoms with Crippen molar-refractivity contribution in [1.29, 1.82) is 0 Å². The zero-order valence-electron chi connectivity index (χ0n) is 20.6. The Bertz CT molecular complexity index is 1490. The number of hydrogen-bond acceptors (Lipinski definition) is 5. The Morgan fingerprint density at radius 2 is 1.97 bits per heavy atom. The Balaban J connectivity index is 1.54. The highest BCUT2D eigenvalue weighted by Gasteiger charge is 2.42. The summed E-state index contributed by atoms with van der Waals surface area (Å²) >= 11 is 18.2. The molecule has 1 amide bonds. The lowest BCUT2D eigenvalue weighted by Gasteiger charge is -2.26. The van der Waals surface area contributed by atoms with Crippen LogP contribution in [0.25, 0.3) is 11.3 Å². The average Bonchev–Trinajstić information content (AvgIpc) is 3.52. The Morgan fingerprint density at radius 3 is 2.68 bits per heavy atom. The van der Waals surface area contributed by atoms with Crippen molar-refractivity contribution in [2.24, 2.45) is 0 Å². The first-order valence-electron chi connectivity index (χ1n) is 11.8. The normalized spacial score (nSPS) is 16.9. The predicted molar refractivity (Wildman–Crippen MR) is 154 cm³/mol. The molecule has 38 heavy (non-hydrogen) atoms. The third-order valence-electron chi connectivity index (χ3n) is 6.26. The van der Waals surface area contributed by atoms with E-state index in [-0.39, 0.29) is 24.6 Å². The van der Waals surface area contributed by atoms with E-state index in [1.807, 2.05) is 66.4 Å². The Morgan fingerprint density at radius 1 is 1.13 bits per heavy atom. The van der Waals surface area contributed by atoms with Crippen LogP contribution in [0.15, 0.2) is 77.3 Å². The zero-order valence-corrected chi connectivity index (χ0v) is 22.9. The van der Waals surface area contributed by atoms with Crippen LogP contribution in [0, 0.1) is 6.92 Å². The van der Waals surface area contributed by atoms with Crippen molar-refractivity contribution in [3.8, 4) is 11.3 Å². The maximum atomic E-state index is 12.0. The number of ether oxygens (including phenoxy) is 1. The fourth-order valence-electron chi connectivity index (χ4n) is 4.49. The molecule has 4 aromatic rings. The zero-order chi connectivity index (χ0) is 26.8. The van der Waals surface area contributed by atoms with Gasteiger partial charge in [0, 0.05) is 30.2 Å². The number of amides is 1. The number of nitrogens with zero attached hydrogens (tertiary/aromatic N) is 2. The minimum absolute atomic E-state index is 0.0190. The SMILES string of the molecule is COCC(=O)Nc1ccc(N2C(=S)N[C@H](c3ccccn3)[C@@H]2c2ccc(-c3ccc(Cl)c(Cl)c3)o2)cc1C. The van der Waals surface area contributed by atoms with Gasteiger partial charge in [-0.3, -0.25) is 9.78 Å².